The lowest BCUT2D eigenvalue weighted by atomic mass is 9.86. The number of benzene rings is 1. The predicted octanol–water partition coefficient (Wildman–Crippen LogP) is 4.08. The molecule has 120 valence electrons. The van der Waals surface area contributed by atoms with Crippen LogP contribution < -0.4 is 10.6 Å². The molecule has 0 radical (unpaired) electrons. The summed E-state index contributed by atoms with van der Waals surface area (Å²) < 4.78 is 40.0. The number of nitrogens with zero attached hydrogens (tertiary/aromatic N) is 1. The molecule has 1 atom stereocenters. The summed E-state index contributed by atoms with van der Waals surface area (Å²) in [6, 6.07) is 4.46. The van der Waals surface area contributed by atoms with Gasteiger partial charge in [-0.1, -0.05) is 26.8 Å². The topological polar surface area (TPSA) is 29.3 Å². The molecule has 0 aliphatic carbocycles. The van der Waals surface area contributed by atoms with E-state index >= 15 is 0 Å². The van der Waals surface area contributed by atoms with Crippen molar-refractivity contribution in [1.82, 2.24) is 0 Å². The number of nitrogens with two attached hydrogens (primary N) is 1. The second-order valence-electron chi connectivity index (χ2n) is 6.54. The summed E-state index contributed by atoms with van der Waals surface area (Å²) >= 11 is 0. The first-order valence-electron chi connectivity index (χ1n) is 7.11. The fraction of sp³-hybridized carbons (Fsp3) is 0.625. The van der Waals surface area contributed by atoms with E-state index in [1.807, 2.05) is 27.7 Å². The molecule has 0 fully saturated rings. The molecule has 1 aromatic carbocycles. The Bertz CT molecular complexity index is 475. The smallest absolute Gasteiger partial charge is 0.371 e. The first-order valence-corrected chi connectivity index (χ1v) is 7.11. The van der Waals surface area contributed by atoms with E-state index in [1.54, 1.807) is 24.1 Å². The summed E-state index contributed by atoms with van der Waals surface area (Å²) in [6.07, 6.45) is -3.92. The summed E-state index contributed by atoms with van der Waals surface area (Å²) in [5.41, 5.74) is 5.55. The van der Waals surface area contributed by atoms with Gasteiger partial charge >= 0.3 is 6.18 Å². The Morgan fingerprint density at radius 2 is 1.76 bits per heavy atom. The van der Waals surface area contributed by atoms with Gasteiger partial charge in [-0.25, -0.2) is 0 Å². The van der Waals surface area contributed by atoms with Crippen molar-refractivity contribution < 1.29 is 13.2 Å². The van der Waals surface area contributed by atoms with Gasteiger partial charge in [0.2, 0.25) is 0 Å². The molecular formula is C16H25F3N2. The van der Waals surface area contributed by atoms with Gasteiger partial charge in [0.25, 0.3) is 0 Å². The van der Waals surface area contributed by atoms with Gasteiger partial charge in [-0.3, -0.25) is 0 Å². The van der Waals surface area contributed by atoms with Gasteiger partial charge in [0.1, 0.15) is 0 Å². The van der Waals surface area contributed by atoms with Crippen LogP contribution in [0, 0.1) is 5.41 Å². The first-order chi connectivity index (χ1) is 9.48. The summed E-state index contributed by atoms with van der Waals surface area (Å²) in [4.78, 5) is 1.70. The molecule has 0 bridgehead atoms. The molecule has 0 aliphatic heterocycles. The minimum absolute atomic E-state index is 0.0287. The fourth-order valence-corrected chi connectivity index (χ4v) is 2.23. The van der Waals surface area contributed by atoms with E-state index in [0.717, 1.165) is 0 Å². The van der Waals surface area contributed by atoms with E-state index in [1.165, 1.54) is 6.07 Å². The summed E-state index contributed by atoms with van der Waals surface area (Å²) in [5.74, 6) is 0. The molecular weight excluding hydrogens is 277 g/mol. The zero-order valence-corrected chi connectivity index (χ0v) is 13.4. The van der Waals surface area contributed by atoms with Gasteiger partial charge < -0.3 is 10.6 Å². The Kier molecular flexibility index (Phi) is 5.31. The van der Waals surface area contributed by atoms with Crippen LogP contribution in [0.5, 0.6) is 0 Å². The molecule has 1 rings (SSSR count). The minimum atomic E-state index is -4.37. The van der Waals surface area contributed by atoms with Crippen LogP contribution in [0.25, 0.3) is 0 Å². The molecule has 2 nitrogen and oxygen atoms in total. The van der Waals surface area contributed by atoms with E-state index < -0.39 is 11.7 Å². The zero-order valence-electron chi connectivity index (χ0n) is 13.4. The first kappa shape index (κ1) is 17.8. The van der Waals surface area contributed by atoms with E-state index in [9.17, 15) is 13.2 Å². The van der Waals surface area contributed by atoms with Crippen molar-refractivity contribution in [2.24, 2.45) is 11.1 Å². The highest BCUT2D eigenvalue weighted by molar-refractivity contribution is 5.57. The van der Waals surface area contributed by atoms with Crippen LogP contribution in [0.2, 0.25) is 0 Å². The van der Waals surface area contributed by atoms with Crippen molar-refractivity contribution in [1.29, 1.82) is 0 Å². The maximum atomic E-state index is 13.3. The molecule has 0 saturated carbocycles. The second kappa shape index (κ2) is 6.26. The summed E-state index contributed by atoms with van der Waals surface area (Å²) in [6.45, 7) is 8.33. The highest BCUT2D eigenvalue weighted by Crippen LogP contribution is 2.39. The van der Waals surface area contributed by atoms with Gasteiger partial charge in [0.05, 0.1) is 5.56 Å². The Hall–Kier alpha value is -1.23. The minimum Gasteiger partial charge on any atom is -0.371 e. The SMILES string of the molecule is CC(N(C)c1ccc(CCN)cc1C(F)(F)F)C(C)(C)C. The maximum absolute atomic E-state index is 13.3. The van der Waals surface area contributed by atoms with Crippen molar-refractivity contribution in [3.8, 4) is 0 Å². The van der Waals surface area contributed by atoms with Crippen molar-refractivity contribution in [2.75, 3.05) is 18.5 Å². The van der Waals surface area contributed by atoms with E-state index in [-0.39, 0.29) is 17.1 Å². The Morgan fingerprint density at radius 1 is 1.19 bits per heavy atom. The van der Waals surface area contributed by atoms with Gasteiger partial charge in [0.15, 0.2) is 0 Å². The number of rotatable bonds is 4. The molecule has 0 spiro atoms. The van der Waals surface area contributed by atoms with Gasteiger partial charge in [-0.15, -0.1) is 0 Å². The number of alkyl halides is 3. The molecule has 0 aliphatic rings. The molecule has 1 unspecified atom stereocenters. The lowest BCUT2D eigenvalue weighted by molar-refractivity contribution is -0.137. The third-order valence-corrected chi connectivity index (χ3v) is 4.01. The van der Waals surface area contributed by atoms with Crippen LogP contribution in [0.3, 0.4) is 0 Å². The fourth-order valence-electron chi connectivity index (χ4n) is 2.23. The van der Waals surface area contributed by atoms with Crippen molar-refractivity contribution >= 4 is 5.69 Å². The van der Waals surface area contributed by atoms with Gasteiger partial charge in [-0.2, -0.15) is 13.2 Å². The van der Waals surface area contributed by atoms with Crippen LogP contribution >= 0.6 is 0 Å². The molecule has 0 aromatic heterocycles. The average molecular weight is 302 g/mol. The average Bonchev–Trinajstić information content (AvgIpc) is 2.35. The molecule has 2 N–H and O–H groups in total. The van der Waals surface area contributed by atoms with Crippen molar-refractivity contribution in [2.45, 2.75) is 46.3 Å². The van der Waals surface area contributed by atoms with E-state index in [0.29, 0.717) is 18.5 Å². The number of hydrogen-bond acceptors (Lipinski definition) is 2. The zero-order chi connectivity index (χ0) is 16.4. The molecule has 5 heteroatoms. The highest BCUT2D eigenvalue weighted by atomic mass is 19.4. The van der Waals surface area contributed by atoms with Crippen LogP contribution in [-0.2, 0) is 12.6 Å². The maximum Gasteiger partial charge on any atom is 0.418 e. The van der Waals surface area contributed by atoms with Crippen LogP contribution in [0.15, 0.2) is 18.2 Å². The second-order valence-corrected chi connectivity index (χ2v) is 6.54. The molecule has 21 heavy (non-hydrogen) atoms. The normalized spacial score (nSPS) is 14.1. The van der Waals surface area contributed by atoms with Crippen molar-refractivity contribution in [3.05, 3.63) is 29.3 Å². The van der Waals surface area contributed by atoms with E-state index in [4.69, 9.17) is 5.73 Å². The lowest BCUT2D eigenvalue weighted by Crippen LogP contribution is -2.40. The lowest BCUT2D eigenvalue weighted by Gasteiger charge is -2.38. The number of hydrogen-bond donors (Lipinski definition) is 1. The summed E-state index contributed by atoms with van der Waals surface area (Å²) in [5, 5.41) is 0. The van der Waals surface area contributed by atoms with Gasteiger partial charge in [0, 0.05) is 18.8 Å². The van der Waals surface area contributed by atoms with Gasteiger partial charge in [-0.05, 0) is 43.0 Å². The Labute approximate surface area is 125 Å². The molecule has 0 amide bonds. The number of anilines is 1. The quantitative estimate of drug-likeness (QED) is 0.908. The standard InChI is InChI=1S/C16H25F3N2/c1-11(15(2,3)4)21(5)14-7-6-12(8-9-20)10-13(14)16(17,18)19/h6-7,10-11H,8-9,20H2,1-5H3. The third kappa shape index (κ3) is 4.37. The van der Waals surface area contributed by atoms with Crippen LogP contribution in [0.1, 0.15) is 38.8 Å². The largest absolute Gasteiger partial charge is 0.418 e. The molecule has 0 heterocycles. The van der Waals surface area contributed by atoms with Crippen LogP contribution in [-0.4, -0.2) is 19.6 Å². The predicted molar refractivity (Wildman–Crippen MR) is 81.5 cm³/mol. The molecule has 0 saturated heterocycles. The highest BCUT2D eigenvalue weighted by Gasteiger charge is 2.36. The monoisotopic (exact) mass is 302 g/mol. The summed E-state index contributed by atoms with van der Waals surface area (Å²) in [7, 11) is 1.71. The number of halogens is 3. The van der Waals surface area contributed by atoms with Crippen molar-refractivity contribution in [3.63, 3.8) is 0 Å². The van der Waals surface area contributed by atoms with Crippen LogP contribution in [0.4, 0.5) is 18.9 Å². The molecule has 1 aromatic rings. The Morgan fingerprint density at radius 3 is 2.19 bits per heavy atom. The van der Waals surface area contributed by atoms with E-state index in [2.05, 4.69) is 0 Å². The third-order valence-electron chi connectivity index (χ3n) is 4.01. The Balaban J connectivity index is 3.29.